The van der Waals surface area contributed by atoms with Gasteiger partial charge in [-0.3, -0.25) is 9.78 Å². The van der Waals surface area contributed by atoms with Gasteiger partial charge in [-0.05, 0) is 28.9 Å². The third-order valence-corrected chi connectivity index (χ3v) is 2.54. The molecule has 0 aliphatic carbocycles. The molecule has 0 fully saturated rings. The predicted octanol–water partition coefficient (Wildman–Crippen LogP) is 1.62. The molecule has 0 spiro atoms. The van der Waals surface area contributed by atoms with Crippen LogP contribution in [0.15, 0.2) is 16.7 Å². The monoisotopic (exact) mass is 288 g/mol. The van der Waals surface area contributed by atoms with E-state index in [0.717, 1.165) is 0 Å². The van der Waals surface area contributed by atoms with E-state index in [1.807, 2.05) is 6.92 Å². The van der Waals surface area contributed by atoms with Crippen LogP contribution in [0.25, 0.3) is 0 Å². The summed E-state index contributed by atoms with van der Waals surface area (Å²) in [6.07, 6.45) is 0.842. The van der Waals surface area contributed by atoms with E-state index in [1.54, 1.807) is 6.07 Å². The summed E-state index contributed by atoms with van der Waals surface area (Å²) in [6.45, 7) is 2.36. The zero-order valence-corrected chi connectivity index (χ0v) is 10.7. The van der Waals surface area contributed by atoms with Gasteiger partial charge in [-0.15, -0.1) is 0 Å². The van der Waals surface area contributed by atoms with Gasteiger partial charge in [-0.1, -0.05) is 0 Å². The lowest BCUT2D eigenvalue weighted by Crippen LogP contribution is -2.14. The van der Waals surface area contributed by atoms with E-state index in [9.17, 15) is 4.79 Å². The number of methoxy groups -OCH3 is 1. The number of aromatic nitrogens is 1. The summed E-state index contributed by atoms with van der Waals surface area (Å²) in [5, 5.41) is 0. The van der Waals surface area contributed by atoms with Crippen LogP contribution in [0.4, 0.5) is 0 Å². The van der Waals surface area contributed by atoms with Crippen molar-refractivity contribution in [2.45, 2.75) is 13.2 Å². The quantitative estimate of drug-likeness (QED) is 0.836. The average molecular weight is 289 g/mol. The summed E-state index contributed by atoms with van der Waals surface area (Å²) in [7, 11) is 1.52. The third kappa shape index (κ3) is 3.01. The summed E-state index contributed by atoms with van der Waals surface area (Å²) < 4.78 is 11.1. The fourth-order valence-corrected chi connectivity index (χ4v) is 1.70. The molecule has 2 N–H and O–H groups in total. The highest BCUT2D eigenvalue weighted by atomic mass is 79.9. The summed E-state index contributed by atoms with van der Waals surface area (Å²) in [5.74, 6) is -0.523. The van der Waals surface area contributed by atoms with E-state index >= 15 is 0 Å². The Morgan fingerprint density at radius 1 is 1.69 bits per heavy atom. The first-order valence-corrected chi connectivity index (χ1v) is 5.49. The number of ether oxygens (including phenoxy) is 2. The molecule has 1 heterocycles. The number of pyridine rings is 1. The van der Waals surface area contributed by atoms with Crippen LogP contribution in [0, 0.1) is 0 Å². The second kappa shape index (κ2) is 5.93. The van der Waals surface area contributed by atoms with Crippen LogP contribution in [0.1, 0.15) is 29.3 Å². The van der Waals surface area contributed by atoms with Gasteiger partial charge in [0, 0.05) is 24.4 Å². The number of nitrogens with two attached hydrogens (primary N) is 1. The second-order valence-corrected chi connectivity index (χ2v) is 3.83. The van der Waals surface area contributed by atoms with Gasteiger partial charge < -0.3 is 15.2 Å². The van der Waals surface area contributed by atoms with Crippen LogP contribution < -0.4 is 5.73 Å². The first-order valence-electron chi connectivity index (χ1n) is 4.69. The van der Waals surface area contributed by atoms with Gasteiger partial charge in [0.2, 0.25) is 12.2 Å². The lowest BCUT2D eigenvalue weighted by Gasteiger charge is -2.15. The first kappa shape index (κ1) is 13.1. The van der Waals surface area contributed by atoms with Crippen molar-refractivity contribution < 1.29 is 14.3 Å². The Morgan fingerprint density at radius 2 is 2.38 bits per heavy atom. The van der Waals surface area contributed by atoms with E-state index in [4.69, 9.17) is 15.2 Å². The van der Waals surface area contributed by atoms with Crippen molar-refractivity contribution in [3.63, 3.8) is 0 Å². The number of primary amides is 1. The van der Waals surface area contributed by atoms with E-state index in [0.29, 0.717) is 22.3 Å². The summed E-state index contributed by atoms with van der Waals surface area (Å²) in [5.41, 5.74) is 6.05. The van der Waals surface area contributed by atoms with Crippen LogP contribution in [0.3, 0.4) is 0 Å². The standard InChI is InChI=1S/C10H13BrN2O3/c1-3-16-10(15-2)8-7(11)4-6(5-13-8)9(12)14/h4-5,10H,3H2,1-2H3,(H2,12,14). The molecule has 0 aliphatic heterocycles. The molecule has 0 bridgehead atoms. The van der Waals surface area contributed by atoms with Crippen molar-refractivity contribution in [3.8, 4) is 0 Å². The van der Waals surface area contributed by atoms with Crippen molar-refractivity contribution in [1.82, 2.24) is 4.98 Å². The number of nitrogens with zero attached hydrogens (tertiary/aromatic N) is 1. The highest BCUT2D eigenvalue weighted by molar-refractivity contribution is 9.10. The number of carbonyl (C=O) groups is 1. The van der Waals surface area contributed by atoms with Gasteiger partial charge in [0.25, 0.3) is 0 Å². The zero-order chi connectivity index (χ0) is 12.1. The van der Waals surface area contributed by atoms with Gasteiger partial charge in [-0.25, -0.2) is 0 Å². The summed E-state index contributed by atoms with van der Waals surface area (Å²) in [4.78, 5) is 15.0. The minimum Gasteiger partial charge on any atom is -0.366 e. The minimum absolute atomic E-state index is 0.335. The highest BCUT2D eigenvalue weighted by Crippen LogP contribution is 2.25. The van der Waals surface area contributed by atoms with E-state index in [2.05, 4.69) is 20.9 Å². The fraction of sp³-hybridized carbons (Fsp3) is 0.400. The molecule has 5 nitrogen and oxygen atoms in total. The minimum atomic E-state index is -0.554. The second-order valence-electron chi connectivity index (χ2n) is 2.98. The zero-order valence-electron chi connectivity index (χ0n) is 9.07. The SMILES string of the molecule is CCOC(OC)c1ncc(C(N)=O)cc1Br. The summed E-state index contributed by atoms with van der Waals surface area (Å²) >= 11 is 3.30. The molecule has 1 rings (SSSR count). The number of halogens is 1. The maximum Gasteiger partial charge on any atom is 0.250 e. The van der Waals surface area contributed by atoms with Crippen LogP contribution >= 0.6 is 15.9 Å². The van der Waals surface area contributed by atoms with Crippen molar-refractivity contribution in [3.05, 3.63) is 28.0 Å². The smallest absolute Gasteiger partial charge is 0.250 e. The Hall–Kier alpha value is -0.980. The molecule has 88 valence electrons. The van der Waals surface area contributed by atoms with Gasteiger partial charge in [0.05, 0.1) is 5.56 Å². The van der Waals surface area contributed by atoms with Crippen LogP contribution in [-0.2, 0) is 9.47 Å². The van der Waals surface area contributed by atoms with Crippen LogP contribution in [-0.4, -0.2) is 24.6 Å². The van der Waals surface area contributed by atoms with Crippen molar-refractivity contribution in [1.29, 1.82) is 0 Å². The molecular formula is C10H13BrN2O3. The Labute approximate surface area is 102 Å². The molecule has 6 heteroatoms. The van der Waals surface area contributed by atoms with Gasteiger partial charge in [-0.2, -0.15) is 0 Å². The molecule has 1 aromatic rings. The molecule has 1 atom stereocenters. The summed E-state index contributed by atoms with van der Waals surface area (Å²) in [6, 6.07) is 1.59. The van der Waals surface area contributed by atoms with E-state index in [1.165, 1.54) is 13.3 Å². The number of hydrogen-bond acceptors (Lipinski definition) is 4. The molecule has 0 saturated heterocycles. The molecule has 1 amide bonds. The topological polar surface area (TPSA) is 74.4 Å². The molecule has 0 aliphatic rings. The molecule has 0 aromatic carbocycles. The van der Waals surface area contributed by atoms with Crippen molar-refractivity contribution >= 4 is 21.8 Å². The molecule has 0 radical (unpaired) electrons. The molecular weight excluding hydrogens is 276 g/mol. The highest BCUT2D eigenvalue weighted by Gasteiger charge is 2.16. The van der Waals surface area contributed by atoms with Crippen molar-refractivity contribution in [2.75, 3.05) is 13.7 Å². The third-order valence-electron chi connectivity index (χ3n) is 1.91. The maximum atomic E-state index is 10.9. The number of amides is 1. The van der Waals surface area contributed by atoms with Gasteiger partial charge in [0.1, 0.15) is 5.69 Å². The van der Waals surface area contributed by atoms with Crippen LogP contribution in [0.5, 0.6) is 0 Å². The number of hydrogen-bond donors (Lipinski definition) is 1. The number of carbonyl (C=O) groups excluding carboxylic acids is 1. The van der Waals surface area contributed by atoms with Crippen LogP contribution in [0.2, 0.25) is 0 Å². The van der Waals surface area contributed by atoms with E-state index in [-0.39, 0.29) is 0 Å². The lowest BCUT2D eigenvalue weighted by molar-refractivity contribution is -0.126. The normalized spacial score (nSPS) is 12.4. The molecule has 1 unspecified atom stereocenters. The Bertz CT molecular complexity index is 384. The first-order chi connectivity index (χ1) is 7.60. The Balaban J connectivity index is 3.01. The molecule has 0 saturated carbocycles. The Kier molecular flexibility index (Phi) is 4.85. The predicted molar refractivity (Wildman–Crippen MR) is 61.8 cm³/mol. The van der Waals surface area contributed by atoms with Gasteiger partial charge in [0.15, 0.2) is 0 Å². The van der Waals surface area contributed by atoms with Gasteiger partial charge >= 0.3 is 0 Å². The molecule has 16 heavy (non-hydrogen) atoms. The van der Waals surface area contributed by atoms with E-state index < -0.39 is 12.2 Å². The van der Waals surface area contributed by atoms with Crippen molar-refractivity contribution in [2.24, 2.45) is 5.73 Å². The number of rotatable bonds is 5. The largest absolute Gasteiger partial charge is 0.366 e. The Morgan fingerprint density at radius 3 is 2.81 bits per heavy atom. The molecule has 1 aromatic heterocycles. The lowest BCUT2D eigenvalue weighted by atomic mass is 10.2. The maximum absolute atomic E-state index is 10.9. The average Bonchev–Trinajstić information content (AvgIpc) is 2.26. The fourth-order valence-electron chi connectivity index (χ4n) is 1.17.